The van der Waals surface area contributed by atoms with Crippen molar-refractivity contribution in [3.63, 3.8) is 0 Å². The van der Waals surface area contributed by atoms with Crippen molar-refractivity contribution in [3.8, 4) is 11.1 Å². The Hall–Kier alpha value is -0.930. The standard InChI is InChI=1S/C15H15NS2/c1-17-14-9-13-11-6-4-3-5-10(11)7-8-12(13)15(16-14)18-2/h3-6,9H,7-8H2,1-2H3. The molecule has 92 valence electrons. The average Bonchev–Trinajstić information content (AvgIpc) is 2.45. The molecule has 0 fully saturated rings. The van der Waals surface area contributed by atoms with E-state index in [0.717, 1.165) is 17.9 Å². The van der Waals surface area contributed by atoms with Crippen LogP contribution in [0.1, 0.15) is 11.1 Å². The molecule has 0 amide bonds. The average molecular weight is 273 g/mol. The van der Waals surface area contributed by atoms with Crippen LogP contribution in [0.3, 0.4) is 0 Å². The van der Waals surface area contributed by atoms with Crippen LogP contribution in [0.25, 0.3) is 11.1 Å². The van der Waals surface area contributed by atoms with E-state index in [-0.39, 0.29) is 0 Å². The van der Waals surface area contributed by atoms with Crippen LogP contribution in [0.15, 0.2) is 40.4 Å². The summed E-state index contributed by atoms with van der Waals surface area (Å²) in [6.07, 6.45) is 6.46. The van der Waals surface area contributed by atoms with Gasteiger partial charge in [0.15, 0.2) is 0 Å². The summed E-state index contributed by atoms with van der Waals surface area (Å²) in [7, 11) is 0. The van der Waals surface area contributed by atoms with E-state index in [2.05, 4.69) is 42.8 Å². The Bertz CT molecular complexity index is 593. The number of hydrogen-bond donors (Lipinski definition) is 0. The van der Waals surface area contributed by atoms with E-state index in [1.807, 2.05) is 0 Å². The van der Waals surface area contributed by atoms with Gasteiger partial charge in [0, 0.05) is 0 Å². The van der Waals surface area contributed by atoms with Crippen LogP contribution < -0.4 is 0 Å². The van der Waals surface area contributed by atoms with Crippen molar-refractivity contribution in [2.75, 3.05) is 12.5 Å². The summed E-state index contributed by atoms with van der Waals surface area (Å²) < 4.78 is 0. The van der Waals surface area contributed by atoms with E-state index in [1.165, 1.54) is 27.3 Å². The Labute approximate surface area is 116 Å². The Morgan fingerprint density at radius 3 is 2.61 bits per heavy atom. The first-order valence-electron chi connectivity index (χ1n) is 6.03. The number of hydrogen-bond acceptors (Lipinski definition) is 3. The van der Waals surface area contributed by atoms with Crippen molar-refractivity contribution in [2.45, 2.75) is 22.9 Å². The molecule has 1 nitrogen and oxygen atoms in total. The molecule has 0 saturated carbocycles. The van der Waals surface area contributed by atoms with E-state index in [4.69, 9.17) is 4.98 Å². The van der Waals surface area contributed by atoms with Gasteiger partial charge < -0.3 is 0 Å². The fourth-order valence-corrected chi connectivity index (χ4v) is 3.67. The van der Waals surface area contributed by atoms with Crippen LogP contribution in [0.5, 0.6) is 0 Å². The lowest BCUT2D eigenvalue weighted by molar-refractivity contribution is 0.862. The molecule has 3 rings (SSSR count). The Kier molecular flexibility index (Phi) is 3.35. The molecule has 1 aromatic heterocycles. The number of aromatic nitrogens is 1. The van der Waals surface area contributed by atoms with Gasteiger partial charge in [0.25, 0.3) is 0 Å². The maximum Gasteiger partial charge on any atom is 0.101 e. The molecule has 2 aromatic rings. The van der Waals surface area contributed by atoms with Crippen molar-refractivity contribution < 1.29 is 0 Å². The fraction of sp³-hybridized carbons (Fsp3) is 0.267. The molecule has 0 saturated heterocycles. The van der Waals surface area contributed by atoms with E-state index < -0.39 is 0 Å². The zero-order chi connectivity index (χ0) is 12.5. The lowest BCUT2D eigenvalue weighted by atomic mass is 9.87. The molecular weight excluding hydrogens is 258 g/mol. The van der Waals surface area contributed by atoms with Gasteiger partial charge in [-0.25, -0.2) is 4.98 Å². The zero-order valence-electron chi connectivity index (χ0n) is 10.6. The third kappa shape index (κ3) is 1.95. The van der Waals surface area contributed by atoms with E-state index in [0.29, 0.717) is 0 Å². The van der Waals surface area contributed by atoms with Crippen LogP contribution in [-0.4, -0.2) is 17.5 Å². The lowest BCUT2D eigenvalue weighted by Gasteiger charge is -2.22. The summed E-state index contributed by atoms with van der Waals surface area (Å²) >= 11 is 3.48. The molecule has 1 aromatic carbocycles. The summed E-state index contributed by atoms with van der Waals surface area (Å²) in [4.78, 5) is 4.72. The summed E-state index contributed by atoms with van der Waals surface area (Å²) in [6, 6.07) is 11.0. The highest BCUT2D eigenvalue weighted by Gasteiger charge is 2.19. The molecule has 18 heavy (non-hydrogen) atoms. The Morgan fingerprint density at radius 1 is 1.00 bits per heavy atom. The smallest absolute Gasteiger partial charge is 0.101 e. The van der Waals surface area contributed by atoms with Crippen molar-refractivity contribution in [3.05, 3.63) is 41.5 Å². The molecule has 1 aliphatic rings. The Balaban J connectivity index is 2.26. The first kappa shape index (κ1) is 12.1. The topological polar surface area (TPSA) is 12.9 Å². The van der Waals surface area contributed by atoms with Crippen LogP contribution in [-0.2, 0) is 12.8 Å². The molecule has 0 radical (unpaired) electrons. The third-order valence-corrected chi connectivity index (χ3v) is 4.77. The molecule has 1 aliphatic carbocycles. The summed E-state index contributed by atoms with van der Waals surface area (Å²) in [5, 5.41) is 2.32. The van der Waals surface area contributed by atoms with Crippen molar-refractivity contribution >= 4 is 23.5 Å². The number of nitrogens with zero attached hydrogens (tertiary/aromatic N) is 1. The molecular formula is C15H15NS2. The van der Waals surface area contributed by atoms with Gasteiger partial charge in [-0.15, -0.1) is 23.5 Å². The van der Waals surface area contributed by atoms with Gasteiger partial charge in [-0.05, 0) is 53.7 Å². The van der Waals surface area contributed by atoms with Gasteiger partial charge in [-0.2, -0.15) is 0 Å². The second-order valence-electron chi connectivity index (χ2n) is 4.36. The lowest BCUT2D eigenvalue weighted by Crippen LogP contribution is -2.07. The van der Waals surface area contributed by atoms with Gasteiger partial charge in [-0.1, -0.05) is 24.3 Å². The molecule has 0 aliphatic heterocycles. The fourth-order valence-electron chi connectivity index (χ4n) is 2.54. The predicted molar refractivity (Wildman–Crippen MR) is 80.6 cm³/mol. The zero-order valence-corrected chi connectivity index (χ0v) is 12.2. The second-order valence-corrected chi connectivity index (χ2v) is 5.98. The monoisotopic (exact) mass is 273 g/mol. The number of aryl methyl sites for hydroxylation is 1. The van der Waals surface area contributed by atoms with Crippen LogP contribution >= 0.6 is 23.5 Å². The van der Waals surface area contributed by atoms with Gasteiger partial charge in [0.2, 0.25) is 0 Å². The molecule has 1 heterocycles. The first-order chi connectivity index (χ1) is 8.83. The third-order valence-electron chi connectivity index (χ3n) is 3.42. The van der Waals surface area contributed by atoms with E-state index in [1.54, 1.807) is 23.5 Å². The minimum atomic E-state index is 1.12. The minimum absolute atomic E-state index is 1.12. The van der Waals surface area contributed by atoms with Gasteiger partial charge in [0.05, 0.1) is 5.03 Å². The molecule has 0 atom stereocenters. The highest BCUT2D eigenvalue weighted by Crippen LogP contribution is 2.38. The van der Waals surface area contributed by atoms with Gasteiger partial charge >= 0.3 is 0 Å². The van der Waals surface area contributed by atoms with Crippen LogP contribution in [0.4, 0.5) is 0 Å². The quantitative estimate of drug-likeness (QED) is 0.758. The Morgan fingerprint density at radius 2 is 1.83 bits per heavy atom. The van der Waals surface area contributed by atoms with Gasteiger partial charge in [0.1, 0.15) is 5.03 Å². The highest BCUT2D eigenvalue weighted by atomic mass is 32.2. The van der Waals surface area contributed by atoms with E-state index >= 15 is 0 Å². The summed E-state index contributed by atoms with van der Waals surface area (Å²) in [5.41, 5.74) is 5.68. The van der Waals surface area contributed by atoms with Crippen molar-refractivity contribution in [2.24, 2.45) is 0 Å². The summed E-state index contributed by atoms with van der Waals surface area (Å²) in [5.74, 6) is 0. The molecule has 0 unspecified atom stereocenters. The molecule has 3 heteroatoms. The number of thioether (sulfide) groups is 2. The van der Waals surface area contributed by atoms with Crippen LogP contribution in [0, 0.1) is 0 Å². The van der Waals surface area contributed by atoms with E-state index in [9.17, 15) is 0 Å². The first-order valence-corrected chi connectivity index (χ1v) is 8.48. The maximum atomic E-state index is 4.72. The second kappa shape index (κ2) is 4.98. The minimum Gasteiger partial charge on any atom is -0.235 e. The number of pyridine rings is 1. The predicted octanol–water partition coefficient (Wildman–Crippen LogP) is 4.29. The highest BCUT2D eigenvalue weighted by molar-refractivity contribution is 7.99. The normalized spacial score (nSPS) is 13.0. The molecule has 0 spiro atoms. The number of rotatable bonds is 2. The number of fused-ring (bicyclic) bond motifs is 3. The molecule has 0 N–H and O–H groups in total. The van der Waals surface area contributed by atoms with Gasteiger partial charge in [-0.3, -0.25) is 0 Å². The van der Waals surface area contributed by atoms with Crippen LogP contribution in [0.2, 0.25) is 0 Å². The number of benzene rings is 1. The SMILES string of the molecule is CSc1cc2c(c(SC)n1)CCc1ccccc1-2. The summed E-state index contributed by atoms with van der Waals surface area (Å²) in [6.45, 7) is 0. The largest absolute Gasteiger partial charge is 0.235 e. The maximum absolute atomic E-state index is 4.72. The van der Waals surface area contributed by atoms with Crippen molar-refractivity contribution in [1.29, 1.82) is 0 Å². The molecule has 0 bridgehead atoms. The van der Waals surface area contributed by atoms with Crippen molar-refractivity contribution in [1.82, 2.24) is 4.98 Å².